The van der Waals surface area contributed by atoms with Crippen LogP contribution in [0.4, 0.5) is 0 Å². The van der Waals surface area contributed by atoms with Crippen molar-refractivity contribution in [3.63, 3.8) is 0 Å². The highest BCUT2D eigenvalue weighted by molar-refractivity contribution is 7.16. The molecular weight excluding hydrogens is 336 g/mol. The Morgan fingerprint density at radius 2 is 2.04 bits per heavy atom. The maximum absolute atomic E-state index is 12.1. The fourth-order valence-corrected chi connectivity index (χ4v) is 3.67. The van der Waals surface area contributed by atoms with Gasteiger partial charge in [0.05, 0.1) is 23.7 Å². The number of amides is 1. The molecule has 1 amide bonds. The fraction of sp³-hybridized carbons (Fsp3) is 0.526. The number of fused-ring (bicyclic) bond motifs is 1. The van der Waals surface area contributed by atoms with Crippen LogP contribution in [0.3, 0.4) is 0 Å². The van der Waals surface area contributed by atoms with Crippen molar-refractivity contribution in [1.82, 2.24) is 4.57 Å². The topological polar surface area (TPSA) is 60.7 Å². The second-order valence-electron chi connectivity index (χ2n) is 6.35. The molecule has 0 aliphatic rings. The Hall–Kier alpha value is -1.95. The van der Waals surface area contributed by atoms with Crippen molar-refractivity contribution in [2.24, 2.45) is 4.99 Å². The lowest BCUT2D eigenvalue weighted by atomic mass is 10.0. The maximum atomic E-state index is 12.1. The van der Waals surface area contributed by atoms with Crippen molar-refractivity contribution in [1.29, 1.82) is 0 Å². The molecular formula is C19H26N2O3S. The molecule has 0 N–H and O–H groups in total. The lowest BCUT2D eigenvalue weighted by Crippen LogP contribution is -2.19. The third-order valence-electron chi connectivity index (χ3n) is 4.11. The van der Waals surface area contributed by atoms with Gasteiger partial charge < -0.3 is 9.30 Å². The number of nitrogens with zero attached hydrogens (tertiary/aromatic N) is 2. The van der Waals surface area contributed by atoms with Gasteiger partial charge in [-0.2, -0.15) is 4.99 Å². The van der Waals surface area contributed by atoms with Gasteiger partial charge in [-0.1, -0.05) is 44.6 Å². The lowest BCUT2D eigenvalue weighted by Gasteiger charge is -2.07. The quantitative estimate of drug-likeness (QED) is 0.699. The van der Waals surface area contributed by atoms with E-state index in [4.69, 9.17) is 4.74 Å². The van der Waals surface area contributed by atoms with E-state index >= 15 is 0 Å². The Morgan fingerprint density at radius 1 is 1.28 bits per heavy atom. The predicted octanol–water partition coefficient (Wildman–Crippen LogP) is 4.01. The number of carbonyl (C=O) groups is 2. The molecule has 6 heteroatoms. The zero-order chi connectivity index (χ0) is 18.4. The second kappa shape index (κ2) is 8.94. The van der Waals surface area contributed by atoms with Crippen LogP contribution < -0.4 is 4.80 Å². The van der Waals surface area contributed by atoms with E-state index in [9.17, 15) is 9.59 Å². The van der Waals surface area contributed by atoms with E-state index in [0.717, 1.165) is 23.1 Å². The Labute approximate surface area is 152 Å². The van der Waals surface area contributed by atoms with Crippen molar-refractivity contribution in [2.45, 2.75) is 58.9 Å². The molecule has 136 valence electrons. The van der Waals surface area contributed by atoms with E-state index in [-0.39, 0.29) is 18.3 Å². The summed E-state index contributed by atoms with van der Waals surface area (Å²) in [7, 11) is 1.38. The molecule has 0 bridgehead atoms. The molecule has 1 aromatic heterocycles. The van der Waals surface area contributed by atoms with Crippen LogP contribution in [0.25, 0.3) is 10.2 Å². The normalized spacial score (nSPS) is 12.1. The largest absolute Gasteiger partial charge is 0.469 e. The number of hydrogen-bond acceptors (Lipinski definition) is 4. The van der Waals surface area contributed by atoms with Crippen molar-refractivity contribution < 1.29 is 14.3 Å². The number of rotatable bonds is 7. The molecule has 0 spiro atoms. The monoisotopic (exact) mass is 362 g/mol. The van der Waals surface area contributed by atoms with Gasteiger partial charge in [-0.05, 0) is 30.0 Å². The molecule has 0 atom stereocenters. The minimum absolute atomic E-state index is 0.107. The fourth-order valence-electron chi connectivity index (χ4n) is 2.55. The van der Waals surface area contributed by atoms with Crippen LogP contribution in [0, 0.1) is 0 Å². The van der Waals surface area contributed by atoms with Gasteiger partial charge in [0.2, 0.25) is 5.91 Å². The first-order valence-electron chi connectivity index (χ1n) is 8.74. The van der Waals surface area contributed by atoms with Crippen LogP contribution in [0.15, 0.2) is 23.2 Å². The average Bonchev–Trinajstić information content (AvgIpc) is 2.93. The molecule has 5 nitrogen and oxygen atoms in total. The molecule has 25 heavy (non-hydrogen) atoms. The lowest BCUT2D eigenvalue weighted by molar-refractivity contribution is -0.140. The molecule has 0 saturated heterocycles. The molecule has 0 radical (unpaired) electrons. The summed E-state index contributed by atoms with van der Waals surface area (Å²) < 4.78 is 7.77. The van der Waals surface area contributed by atoms with Gasteiger partial charge in [0, 0.05) is 13.0 Å². The third kappa shape index (κ3) is 5.01. The summed E-state index contributed by atoms with van der Waals surface area (Å²) in [5, 5.41) is 0. The summed E-state index contributed by atoms with van der Waals surface area (Å²) >= 11 is 1.50. The number of methoxy groups -OCH3 is 1. The van der Waals surface area contributed by atoms with Gasteiger partial charge in [0.1, 0.15) is 0 Å². The summed E-state index contributed by atoms with van der Waals surface area (Å²) in [6, 6.07) is 6.29. The van der Waals surface area contributed by atoms with Crippen molar-refractivity contribution in [2.75, 3.05) is 7.11 Å². The highest BCUT2D eigenvalue weighted by atomic mass is 32.1. The van der Waals surface area contributed by atoms with Gasteiger partial charge in [0.15, 0.2) is 4.80 Å². The minimum atomic E-state index is -0.270. The summed E-state index contributed by atoms with van der Waals surface area (Å²) in [6.45, 7) is 6.81. The first-order chi connectivity index (χ1) is 12.0. The molecule has 0 aliphatic heterocycles. The van der Waals surface area contributed by atoms with E-state index in [2.05, 4.69) is 37.9 Å². The average molecular weight is 362 g/mol. The highest BCUT2D eigenvalue weighted by Crippen LogP contribution is 2.23. The predicted molar refractivity (Wildman–Crippen MR) is 101 cm³/mol. The number of aryl methyl sites for hydroxylation is 1. The van der Waals surface area contributed by atoms with Crippen LogP contribution >= 0.6 is 11.3 Å². The number of aromatic nitrogens is 1. The number of ether oxygens (including phenoxy) is 1. The Bertz CT molecular complexity index is 818. The number of benzene rings is 1. The zero-order valence-corrected chi connectivity index (χ0v) is 16.2. The smallest absolute Gasteiger partial charge is 0.307 e. The summed E-state index contributed by atoms with van der Waals surface area (Å²) in [4.78, 5) is 28.6. The Morgan fingerprint density at radius 3 is 2.68 bits per heavy atom. The molecule has 1 aromatic carbocycles. The van der Waals surface area contributed by atoms with E-state index in [1.165, 1.54) is 24.0 Å². The van der Waals surface area contributed by atoms with Gasteiger partial charge in [-0.3, -0.25) is 9.59 Å². The molecule has 0 unspecified atom stereocenters. The summed E-state index contributed by atoms with van der Waals surface area (Å²) in [6.07, 6.45) is 2.52. The molecule has 2 rings (SSSR count). The third-order valence-corrected chi connectivity index (χ3v) is 5.15. The molecule has 0 fully saturated rings. The highest BCUT2D eigenvalue weighted by Gasteiger charge is 2.11. The minimum Gasteiger partial charge on any atom is -0.469 e. The van der Waals surface area contributed by atoms with Gasteiger partial charge in [-0.25, -0.2) is 0 Å². The first kappa shape index (κ1) is 19.4. The standard InChI is InChI=1S/C19H26N2O3S/c1-5-6-7-17(22)20-19-21(11-10-18(23)24-4)15-9-8-14(13(2)3)12-16(15)25-19/h8-9,12-13H,5-7,10-11H2,1-4H3. The molecule has 1 heterocycles. The number of thiazole rings is 1. The summed E-state index contributed by atoms with van der Waals surface area (Å²) in [5.74, 6) is 0.0554. The van der Waals surface area contributed by atoms with Crippen molar-refractivity contribution in [3.8, 4) is 0 Å². The number of hydrogen-bond donors (Lipinski definition) is 0. The van der Waals surface area contributed by atoms with Gasteiger partial charge in [0.25, 0.3) is 0 Å². The zero-order valence-electron chi connectivity index (χ0n) is 15.4. The van der Waals surface area contributed by atoms with Crippen molar-refractivity contribution >= 4 is 33.4 Å². The van der Waals surface area contributed by atoms with Gasteiger partial charge in [-0.15, -0.1) is 0 Å². The second-order valence-corrected chi connectivity index (χ2v) is 7.36. The van der Waals surface area contributed by atoms with Crippen LogP contribution in [0.5, 0.6) is 0 Å². The number of carbonyl (C=O) groups excluding carboxylic acids is 2. The van der Waals surface area contributed by atoms with Gasteiger partial charge >= 0.3 is 5.97 Å². The van der Waals surface area contributed by atoms with E-state index in [1.807, 2.05) is 10.6 Å². The van der Waals surface area contributed by atoms with Crippen LogP contribution in [-0.4, -0.2) is 23.6 Å². The maximum Gasteiger partial charge on any atom is 0.307 e. The van der Waals surface area contributed by atoms with Crippen LogP contribution in [0.1, 0.15) is 57.9 Å². The van der Waals surface area contributed by atoms with E-state index in [0.29, 0.717) is 23.7 Å². The van der Waals surface area contributed by atoms with Crippen LogP contribution in [0.2, 0.25) is 0 Å². The van der Waals surface area contributed by atoms with Crippen molar-refractivity contribution in [3.05, 3.63) is 28.6 Å². The molecule has 0 saturated carbocycles. The van der Waals surface area contributed by atoms with Crippen LogP contribution in [-0.2, 0) is 20.9 Å². The molecule has 0 aliphatic carbocycles. The summed E-state index contributed by atoms with van der Waals surface area (Å²) in [5.41, 5.74) is 2.25. The molecule has 2 aromatic rings. The SMILES string of the molecule is CCCCC(=O)N=c1sc2cc(C(C)C)ccc2n1CCC(=O)OC. The first-order valence-corrected chi connectivity index (χ1v) is 9.55. The van der Waals surface area contributed by atoms with E-state index < -0.39 is 0 Å². The van der Waals surface area contributed by atoms with E-state index in [1.54, 1.807) is 0 Å². The Balaban J connectivity index is 2.47. The Kier molecular flexibility index (Phi) is 6.93. The number of esters is 1. The number of unbranched alkanes of at least 4 members (excludes halogenated alkanes) is 1.